The number of hydrogen-bond acceptors (Lipinski definition) is 2. The lowest BCUT2D eigenvalue weighted by atomic mass is 9.98. The number of nitrogens with one attached hydrogen (secondary N) is 1. The first kappa shape index (κ1) is 15.1. The maximum absolute atomic E-state index is 5.49. The van der Waals surface area contributed by atoms with E-state index in [4.69, 9.17) is 6.42 Å². The highest BCUT2D eigenvalue weighted by Gasteiger charge is 2.29. The van der Waals surface area contributed by atoms with Gasteiger partial charge in [-0.15, -0.1) is 12.3 Å². The Bertz CT molecular complexity index is 434. The third kappa shape index (κ3) is 3.85. The first-order valence-electron chi connectivity index (χ1n) is 7.71. The van der Waals surface area contributed by atoms with Crippen LogP contribution in [0.4, 0.5) is 0 Å². The number of piperazine rings is 1. The van der Waals surface area contributed by atoms with Crippen LogP contribution in [0.1, 0.15) is 32.3 Å². The Morgan fingerprint density at radius 1 is 1.40 bits per heavy atom. The van der Waals surface area contributed by atoms with Crippen LogP contribution in [0.5, 0.6) is 0 Å². The second kappa shape index (κ2) is 7.47. The molecule has 0 radical (unpaired) electrons. The summed E-state index contributed by atoms with van der Waals surface area (Å²) in [6.45, 7) is 6.69. The van der Waals surface area contributed by atoms with Gasteiger partial charge in [0.05, 0.1) is 0 Å². The van der Waals surface area contributed by atoms with E-state index in [-0.39, 0.29) is 0 Å². The number of nitrogens with zero attached hydrogens (tertiary/aromatic N) is 1. The van der Waals surface area contributed by atoms with Crippen LogP contribution in [0.2, 0.25) is 0 Å². The van der Waals surface area contributed by atoms with Gasteiger partial charge >= 0.3 is 0 Å². The van der Waals surface area contributed by atoms with Crippen molar-refractivity contribution in [3.63, 3.8) is 0 Å². The summed E-state index contributed by atoms with van der Waals surface area (Å²) >= 11 is 0. The Hall–Kier alpha value is -1.30. The molecule has 1 fully saturated rings. The molecule has 0 aliphatic carbocycles. The molecule has 0 spiro atoms. The normalized spacial score (nSPS) is 25.1. The second-order valence-electron chi connectivity index (χ2n) is 5.81. The predicted molar refractivity (Wildman–Crippen MR) is 85.6 cm³/mol. The highest BCUT2D eigenvalue weighted by atomic mass is 15.2. The molecule has 0 aromatic heterocycles. The van der Waals surface area contributed by atoms with Crippen LogP contribution < -0.4 is 5.32 Å². The molecule has 0 bridgehead atoms. The quantitative estimate of drug-likeness (QED) is 0.828. The van der Waals surface area contributed by atoms with Crippen molar-refractivity contribution in [2.75, 3.05) is 13.1 Å². The van der Waals surface area contributed by atoms with Crippen LogP contribution in [0.15, 0.2) is 30.3 Å². The molecule has 0 amide bonds. The monoisotopic (exact) mass is 270 g/mol. The maximum atomic E-state index is 5.49. The molecule has 1 aliphatic heterocycles. The van der Waals surface area contributed by atoms with Gasteiger partial charge in [0.15, 0.2) is 0 Å². The van der Waals surface area contributed by atoms with Crippen molar-refractivity contribution in [2.45, 2.75) is 51.2 Å². The van der Waals surface area contributed by atoms with Crippen LogP contribution in [0.25, 0.3) is 0 Å². The molecule has 3 unspecified atom stereocenters. The minimum absolute atomic E-state index is 0.477. The zero-order valence-electron chi connectivity index (χ0n) is 12.7. The van der Waals surface area contributed by atoms with E-state index in [0.717, 1.165) is 25.9 Å². The van der Waals surface area contributed by atoms with Crippen molar-refractivity contribution in [1.82, 2.24) is 10.2 Å². The van der Waals surface area contributed by atoms with Crippen molar-refractivity contribution >= 4 is 0 Å². The summed E-state index contributed by atoms with van der Waals surface area (Å²) in [6, 6.07) is 12.4. The Labute approximate surface area is 123 Å². The van der Waals surface area contributed by atoms with E-state index in [1.165, 1.54) is 12.0 Å². The summed E-state index contributed by atoms with van der Waals surface area (Å²) in [4.78, 5) is 2.60. The number of benzene rings is 1. The van der Waals surface area contributed by atoms with E-state index < -0.39 is 0 Å². The molecule has 1 aromatic carbocycles. The molecular formula is C18H26N2. The average Bonchev–Trinajstić information content (AvgIpc) is 2.48. The van der Waals surface area contributed by atoms with Crippen LogP contribution in [0.3, 0.4) is 0 Å². The van der Waals surface area contributed by atoms with Crippen LogP contribution in [0, 0.1) is 12.3 Å². The van der Waals surface area contributed by atoms with Gasteiger partial charge in [0.2, 0.25) is 0 Å². The molecule has 20 heavy (non-hydrogen) atoms. The Kier molecular flexibility index (Phi) is 5.64. The maximum Gasteiger partial charge on any atom is 0.0240 e. The summed E-state index contributed by atoms with van der Waals surface area (Å²) in [5.41, 5.74) is 1.41. The predicted octanol–water partition coefficient (Wildman–Crippen LogP) is 2.69. The summed E-state index contributed by atoms with van der Waals surface area (Å²) in [5.74, 6) is 2.81. The van der Waals surface area contributed by atoms with Gasteiger partial charge < -0.3 is 5.32 Å². The van der Waals surface area contributed by atoms with Gasteiger partial charge in [0, 0.05) is 37.6 Å². The lowest BCUT2D eigenvalue weighted by Gasteiger charge is -2.43. The summed E-state index contributed by atoms with van der Waals surface area (Å²) in [6.07, 6.45) is 8.61. The fourth-order valence-corrected chi connectivity index (χ4v) is 3.13. The third-order valence-corrected chi connectivity index (χ3v) is 4.32. The van der Waals surface area contributed by atoms with E-state index in [2.05, 4.69) is 60.3 Å². The number of hydrogen-bond donors (Lipinski definition) is 1. The topological polar surface area (TPSA) is 15.3 Å². The van der Waals surface area contributed by atoms with Crippen LogP contribution in [-0.4, -0.2) is 36.1 Å². The van der Waals surface area contributed by atoms with Gasteiger partial charge in [0.1, 0.15) is 0 Å². The molecule has 1 N–H and O–H groups in total. The van der Waals surface area contributed by atoms with Crippen molar-refractivity contribution in [3.8, 4) is 12.3 Å². The fourth-order valence-electron chi connectivity index (χ4n) is 3.13. The van der Waals surface area contributed by atoms with Gasteiger partial charge in [-0.25, -0.2) is 0 Å². The zero-order valence-corrected chi connectivity index (χ0v) is 12.7. The second-order valence-corrected chi connectivity index (χ2v) is 5.81. The first-order chi connectivity index (χ1) is 9.74. The smallest absolute Gasteiger partial charge is 0.0240 e. The molecule has 3 atom stereocenters. The van der Waals surface area contributed by atoms with E-state index >= 15 is 0 Å². The molecule has 2 heteroatoms. The fraction of sp³-hybridized carbons (Fsp3) is 0.556. The Balaban J connectivity index is 1.98. The molecule has 0 saturated carbocycles. The van der Waals surface area contributed by atoms with Crippen molar-refractivity contribution in [3.05, 3.63) is 35.9 Å². The highest BCUT2D eigenvalue weighted by Crippen LogP contribution is 2.18. The van der Waals surface area contributed by atoms with Gasteiger partial charge in [-0.05, 0) is 25.3 Å². The van der Waals surface area contributed by atoms with Gasteiger partial charge in [-0.1, -0.05) is 37.3 Å². The van der Waals surface area contributed by atoms with Crippen molar-refractivity contribution in [2.24, 2.45) is 0 Å². The third-order valence-electron chi connectivity index (χ3n) is 4.32. The zero-order chi connectivity index (χ0) is 14.4. The number of rotatable bonds is 5. The molecule has 1 heterocycles. The Morgan fingerprint density at radius 3 is 2.80 bits per heavy atom. The number of terminal acetylenes is 1. The average molecular weight is 270 g/mol. The lowest BCUT2D eigenvalue weighted by molar-refractivity contribution is 0.0882. The molecule has 1 saturated heterocycles. The van der Waals surface area contributed by atoms with Gasteiger partial charge in [-0.2, -0.15) is 0 Å². The largest absolute Gasteiger partial charge is 0.311 e. The first-order valence-corrected chi connectivity index (χ1v) is 7.71. The summed E-state index contributed by atoms with van der Waals surface area (Å²) < 4.78 is 0. The minimum atomic E-state index is 0.477. The van der Waals surface area contributed by atoms with E-state index in [9.17, 15) is 0 Å². The van der Waals surface area contributed by atoms with Crippen LogP contribution in [-0.2, 0) is 6.42 Å². The van der Waals surface area contributed by atoms with Crippen LogP contribution >= 0.6 is 0 Å². The lowest BCUT2D eigenvalue weighted by Crippen LogP contribution is -2.59. The van der Waals surface area contributed by atoms with Crippen molar-refractivity contribution < 1.29 is 0 Å². The summed E-state index contributed by atoms with van der Waals surface area (Å²) in [7, 11) is 0. The molecular weight excluding hydrogens is 244 g/mol. The molecule has 108 valence electrons. The SMILES string of the molecule is C#CCC(C)N1CC(Cc2ccccc2)NCC1CC. The van der Waals surface area contributed by atoms with E-state index in [0.29, 0.717) is 18.1 Å². The molecule has 1 aromatic rings. The summed E-state index contributed by atoms with van der Waals surface area (Å²) in [5, 5.41) is 3.70. The van der Waals surface area contributed by atoms with E-state index in [1.54, 1.807) is 0 Å². The van der Waals surface area contributed by atoms with Gasteiger partial charge in [0.25, 0.3) is 0 Å². The van der Waals surface area contributed by atoms with E-state index in [1.807, 2.05) is 0 Å². The van der Waals surface area contributed by atoms with Gasteiger partial charge in [-0.3, -0.25) is 4.90 Å². The van der Waals surface area contributed by atoms with Crippen molar-refractivity contribution in [1.29, 1.82) is 0 Å². The molecule has 1 aliphatic rings. The highest BCUT2D eigenvalue weighted by molar-refractivity contribution is 5.16. The minimum Gasteiger partial charge on any atom is -0.311 e. The molecule has 2 nitrogen and oxygen atoms in total. The Morgan fingerprint density at radius 2 is 2.15 bits per heavy atom. The standard InChI is InChI=1S/C18H26N2/c1-4-9-15(3)20-14-17(19-13-18(20)5-2)12-16-10-7-6-8-11-16/h1,6-8,10-11,15,17-19H,5,9,12-14H2,2-3H3. The molecule has 2 rings (SSSR count).